The van der Waals surface area contributed by atoms with E-state index in [1.54, 1.807) is 0 Å². The van der Waals surface area contributed by atoms with E-state index in [2.05, 4.69) is 35.9 Å². The van der Waals surface area contributed by atoms with Crippen LogP contribution < -0.4 is 5.56 Å². The van der Waals surface area contributed by atoms with Crippen molar-refractivity contribution in [1.82, 2.24) is 9.88 Å². The Labute approximate surface area is 197 Å². The van der Waals surface area contributed by atoms with Crippen molar-refractivity contribution in [2.24, 2.45) is 0 Å². The standard InChI is InChI=1S/C29H48N2O/c1-3-5-7-9-11-16-22-31(23-17-12-10-8-6-4-2)24-18-15-20-27-25-26-19-13-14-21-28(26)30-29(27)32/h13-14,19,21,25H,3-12,15-18,20,22-24H2,1-2H3,(H,30,32). The molecule has 0 saturated carbocycles. The minimum Gasteiger partial charge on any atom is -0.322 e. The van der Waals surface area contributed by atoms with Crippen LogP contribution in [0.4, 0.5) is 0 Å². The Bertz CT molecular complexity index is 766. The number of rotatable bonds is 19. The lowest BCUT2D eigenvalue weighted by Crippen LogP contribution is -2.27. The molecule has 0 aliphatic rings. The highest BCUT2D eigenvalue weighted by atomic mass is 16.1. The molecule has 0 fully saturated rings. The second-order valence-electron chi connectivity index (χ2n) is 9.55. The van der Waals surface area contributed by atoms with E-state index in [9.17, 15) is 4.79 Å². The van der Waals surface area contributed by atoms with E-state index in [-0.39, 0.29) is 5.56 Å². The zero-order chi connectivity index (χ0) is 22.9. The van der Waals surface area contributed by atoms with Gasteiger partial charge < -0.3 is 9.88 Å². The van der Waals surface area contributed by atoms with Gasteiger partial charge in [0.25, 0.3) is 5.56 Å². The first kappa shape index (κ1) is 26.6. The molecule has 0 amide bonds. The summed E-state index contributed by atoms with van der Waals surface area (Å²) in [5.41, 5.74) is 1.95. The predicted octanol–water partition coefficient (Wildman–Crippen LogP) is 7.87. The number of hydrogen-bond acceptors (Lipinski definition) is 2. The number of para-hydroxylation sites is 1. The molecule has 1 aromatic carbocycles. The molecule has 0 bridgehead atoms. The first-order valence-electron chi connectivity index (χ1n) is 13.6. The highest BCUT2D eigenvalue weighted by Crippen LogP contribution is 2.13. The third-order valence-electron chi connectivity index (χ3n) is 6.66. The molecule has 0 spiro atoms. The number of aryl methyl sites for hydroxylation is 1. The molecule has 0 unspecified atom stereocenters. The molecule has 1 heterocycles. The van der Waals surface area contributed by atoms with Gasteiger partial charge in [0, 0.05) is 11.1 Å². The molecule has 1 aromatic heterocycles. The number of aromatic amines is 1. The maximum atomic E-state index is 12.4. The van der Waals surface area contributed by atoms with Gasteiger partial charge in [0.15, 0.2) is 0 Å². The number of pyridine rings is 1. The summed E-state index contributed by atoms with van der Waals surface area (Å²) in [6, 6.07) is 10.1. The minimum absolute atomic E-state index is 0.0831. The zero-order valence-corrected chi connectivity index (χ0v) is 21.0. The van der Waals surface area contributed by atoms with Gasteiger partial charge in [-0.25, -0.2) is 0 Å². The summed E-state index contributed by atoms with van der Waals surface area (Å²) in [6.45, 7) is 8.24. The number of nitrogens with zero attached hydrogens (tertiary/aromatic N) is 1. The van der Waals surface area contributed by atoms with Crippen molar-refractivity contribution < 1.29 is 0 Å². The normalized spacial score (nSPS) is 11.6. The summed E-state index contributed by atoms with van der Waals surface area (Å²) >= 11 is 0. The number of benzene rings is 1. The topological polar surface area (TPSA) is 36.1 Å². The average molecular weight is 441 g/mol. The van der Waals surface area contributed by atoms with Gasteiger partial charge in [-0.2, -0.15) is 0 Å². The maximum Gasteiger partial charge on any atom is 0.251 e. The van der Waals surface area contributed by atoms with Crippen molar-refractivity contribution in [2.45, 2.75) is 110 Å². The summed E-state index contributed by atoms with van der Waals surface area (Å²) in [4.78, 5) is 18.1. The van der Waals surface area contributed by atoms with Crippen molar-refractivity contribution in [3.8, 4) is 0 Å². The van der Waals surface area contributed by atoms with E-state index < -0.39 is 0 Å². The van der Waals surface area contributed by atoms with Gasteiger partial charge in [-0.3, -0.25) is 4.79 Å². The van der Waals surface area contributed by atoms with Crippen LogP contribution in [-0.4, -0.2) is 29.5 Å². The molecule has 0 aliphatic carbocycles. The maximum absolute atomic E-state index is 12.4. The Balaban J connectivity index is 1.73. The monoisotopic (exact) mass is 440 g/mol. The Kier molecular flexibility index (Phi) is 14.1. The van der Waals surface area contributed by atoms with Gasteiger partial charge in [0.2, 0.25) is 0 Å². The van der Waals surface area contributed by atoms with E-state index in [1.165, 1.54) is 103 Å². The SMILES string of the molecule is CCCCCCCCN(CCCCCCCC)CCCCc1cc2ccccc2[nH]c1=O. The summed E-state index contributed by atoms with van der Waals surface area (Å²) in [5.74, 6) is 0. The van der Waals surface area contributed by atoms with Gasteiger partial charge in [0.1, 0.15) is 0 Å². The van der Waals surface area contributed by atoms with Gasteiger partial charge in [-0.15, -0.1) is 0 Å². The molecule has 3 nitrogen and oxygen atoms in total. The zero-order valence-electron chi connectivity index (χ0n) is 21.0. The van der Waals surface area contributed by atoms with Gasteiger partial charge >= 0.3 is 0 Å². The van der Waals surface area contributed by atoms with Crippen molar-refractivity contribution in [2.75, 3.05) is 19.6 Å². The molecule has 2 rings (SSSR count). The molecule has 0 aliphatic heterocycles. The Morgan fingerprint density at radius 3 is 1.84 bits per heavy atom. The third kappa shape index (κ3) is 10.8. The smallest absolute Gasteiger partial charge is 0.251 e. The highest BCUT2D eigenvalue weighted by Gasteiger charge is 2.07. The van der Waals surface area contributed by atoms with Crippen molar-refractivity contribution in [3.63, 3.8) is 0 Å². The van der Waals surface area contributed by atoms with E-state index in [0.29, 0.717) is 0 Å². The Morgan fingerprint density at radius 1 is 0.688 bits per heavy atom. The third-order valence-corrected chi connectivity index (χ3v) is 6.66. The summed E-state index contributed by atoms with van der Waals surface area (Å²) in [6.07, 6.45) is 19.6. The Morgan fingerprint density at radius 2 is 1.22 bits per heavy atom. The molecule has 0 radical (unpaired) electrons. The summed E-state index contributed by atoms with van der Waals surface area (Å²) in [5, 5.41) is 1.13. The molecule has 180 valence electrons. The fraction of sp³-hybridized carbons (Fsp3) is 0.690. The van der Waals surface area contributed by atoms with Crippen LogP contribution in [0, 0.1) is 0 Å². The molecule has 0 atom stereocenters. The number of nitrogens with one attached hydrogen (secondary N) is 1. The largest absolute Gasteiger partial charge is 0.322 e. The van der Waals surface area contributed by atoms with Crippen LogP contribution in [0.15, 0.2) is 35.1 Å². The minimum atomic E-state index is 0.0831. The van der Waals surface area contributed by atoms with E-state index in [0.717, 1.165) is 29.3 Å². The first-order valence-corrected chi connectivity index (χ1v) is 13.6. The summed E-state index contributed by atoms with van der Waals surface area (Å²) < 4.78 is 0. The lowest BCUT2D eigenvalue weighted by atomic mass is 10.1. The number of fused-ring (bicyclic) bond motifs is 1. The average Bonchev–Trinajstić information content (AvgIpc) is 2.80. The fourth-order valence-corrected chi connectivity index (χ4v) is 4.60. The highest BCUT2D eigenvalue weighted by molar-refractivity contribution is 5.78. The van der Waals surface area contributed by atoms with Crippen LogP contribution in [0.1, 0.15) is 109 Å². The second-order valence-corrected chi connectivity index (χ2v) is 9.55. The van der Waals surface area contributed by atoms with E-state index in [4.69, 9.17) is 0 Å². The predicted molar refractivity (Wildman–Crippen MR) is 141 cm³/mol. The number of unbranched alkanes of at least 4 members (excludes halogenated alkanes) is 11. The van der Waals surface area contributed by atoms with Crippen LogP contribution in [-0.2, 0) is 6.42 Å². The first-order chi connectivity index (χ1) is 15.7. The molecule has 3 heteroatoms. The lowest BCUT2D eigenvalue weighted by Gasteiger charge is -2.22. The van der Waals surface area contributed by atoms with Crippen molar-refractivity contribution >= 4 is 10.9 Å². The van der Waals surface area contributed by atoms with E-state index in [1.807, 2.05) is 18.2 Å². The molecule has 1 N–H and O–H groups in total. The van der Waals surface area contributed by atoms with Gasteiger partial charge in [-0.05, 0) is 69.3 Å². The van der Waals surface area contributed by atoms with Crippen LogP contribution in [0.5, 0.6) is 0 Å². The van der Waals surface area contributed by atoms with Crippen LogP contribution in [0.3, 0.4) is 0 Å². The Hall–Kier alpha value is -1.61. The number of hydrogen-bond donors (Lipinski definition) is 1. The number of aromatic nitrogens is 1. The lowest BCUT2D eigenvalue weighted by molar-refractivity contribution is 0.255. The molecular formula is C29H48N2O. The summed E-state index contributed by atoms with van der Waals surface area (Å²) in [7, 11) is 0. The van der Waals surface area contributed by atoms with Crippen molar-refractivity contribution in [3.05, 3.63) is 46.2 Å². The van der Waals surface area contributed by atoms with E-state index >= 15 is 0 Å². The van der Waals surface area contributed by atoms with Gasteiger partial charge in [0.05, 0.1) is 0 Å². The van der Waals surface area contributed by atoms with Crippen LogP contribution in [0.25, 0.3) is 10.9 Å². The molecular weight excluding hydrogens is 392 g/mol. The molecule has 0 saturated heterocycles. The fourth-order valence-electron chi connectivity index (χ4n) is 4.60. The van der Waals surface area contributed by atoms with Crippen LogP contribution >= 0.6 is 0 Å². The van der Waals surface area contributed by atoms with Crippen molar-refractivity contribution in [1.29, 1.82) is 0 Å². The molecule has 32 heavy (non-hydrogen) atoms. The number of H-pyrrole nitrogens is 1. The second kappa shape index (κ2) is 16.9. The quantitative estimate of drug-likeness (QED) is 0.226. The van der Waals surface area contributed by atoms with Crippen LogP contribution in [0.2, 0.25) is 0 Å². The molecule has 2 aromatic rings. The van der Waals surface area contributed by atoms with Gasteiger partial charge in [-0.1, -0.05) is 96.3 Å².